The van der Waals surface area contributed by atoms with E-state index in [1.54, 1.807) is 13.8 Å². The predicted molar refractivity (Wildman–Crippen MR) is 47.3 cm³/mol. The summed E-state index contributed by atoms with van der Waals surface area (Å²) in [7, 11) is 0. The van der Waals surface area contributed by atoms with Crippen molar-refractivity contribution in [3.05, 3.63) is 28.5 Å². The van der Waals surface area contributed by atoms with Crippen LogP contribution in [0.5, 0.6) is 5.75 Å². The zero-order chi connectivity index (χ0) is 9.14. The maximum absolute atomic E-state index is 13.0. The zero-order valence-electron chi connectivity index (χ0n) is 7.03. The maximum atomic E-state index is 13.0. The first-order valence-electron chi connectivity index (χ1n) is 3.74. The van der Waals surface area contributed by atoms with Gasteiger partial charge in [0.2, 0.25) is 0 Å². The van der Waals surface area contributed by atoms with Gasteiger partial charge in [-0.1, -0.05) is 11.6 Å². The van der Waals surface area contributed by atoms with Crippen LogP contribution in [-0.2, 0) is 0 Å². The van der Waals surface area contributed by atoms with E-state index in [2.05, 4.69) is 0 Å². The lowest BCUT2D eigenvalue weighted by Crippen LogP contribution is -1.97. The van der Waals surface area contributed by atoms with Crippen molar-refractivity contribution in [2.75, 3.05) is 6.61 Å². The van der Waals surface area contributed by atoms with Crippen molar-refractivity contribution in [2.45, 2.75) is 13.8 Å². The molecule has 0 saturated heterocycles. The van der Waals surface area contributed by atoms with E-state index in [4.69, 9.17) is 16.3 Å². The van der Waals surface area contributed by atoms with Crippen LogP contribution in [0.4, 0.5) is 4.39 Å². The van der Waals surface area contributed by atoms with Gasteiger partial charge in [0.05, 0.1) is 6.61 Å². The van der Waals surface area contributed by atoms with E-state index < -0.39 is 0 Å². The summed E-state index contributed by atoms with van der Waals surface area (Å²) in [6.07, 6.45) is 0. The molecule has 0 heterocycles. The fourth-order valence-electron chi connectivity index (χ4n) is 0.956. The second-order valence-corrected chi connectivity index (χ2v) is 2.82. The minimum absolute atomic E-state index is 0.255. The zero-order valence-corrected chi connectivity index (χ0v) is 7.78. The van der Waals surface area contributed by atoms with E-state index in [-0.39, 0.29) is 11.6 Å². The van der Waals surface area contributed by atoms with Crippen molar-refractivity contribution >= 4 is 11.6 Å². The monoisotopic (exact) mass is 188 g/mol. The normalized spacial score (nSPS) is 10.0. The molecule has 1 aromatic rings. The highest BCUT2D eigenvalue weighted by Gasteiger charge is 2.08. The Bertz CT molecular complexity index is 286. The van der Waals surface area contributed by atoms with E-state index in [1.165, 1.54) is 12.1 Å². The quantitative estimate of drug-likeness (QED) is 0.693. The molecule has 0 unspecified atom stereocenters. The molecule has 0 aliphatic carbocycles. The van der Waals surface area contributed by atoms with Crippen molar-refractivity contribution in [1.82, 2.24) is 0 Å². The second-order valence-electron chi connectivity index (χ2n) is 2.42. The Morgan fingerprint density at radius 3 is 2.75 bits per heavy atom. The van der Waals surface area contributed by atoms with E-state index in [0.717, 1.165) is 0 Å². The van der Waals surface area contributed by atoms with E-state index in [9.17, 15) is 4.39 Å². The van der Waals surface area contributed by atoms with Gasteiger partial charge in [0.25, 0.3) is 0 Å². The van der Waals surface area contributed by atoms with Gasteiger partial charge < -0.3 is 4.74 Å². The van der Waals surface area contributed by atoms with Crippen LogP contribution in [0.2, 0.25) is 5.02 Å². The molecule has 0 atom stereocenters. The topological polar surface area (TPSA) is 9.23 Å². The first-order chi connectivity index (χ1) is 5.66. The van der Waals surface area contributed by atoms with Gasteiger partial charge in [0.15, 0.2) is 11.6 Å². The maximum Gasteiger partial charge on any atom is 0.165 e. The molecule has 0 spiro atoms. The SMILES string of the molecule is CCOc1c(F)ccc(Cl)c1C. The molecular formula is C9H10ClFO. The molecule has 0 fully saturated rings. The summed E-state index contributed by atoms with van der Waals surface area (Å²) in [5, 5.41) is 0.528. The van der Waals surface area contributed by atoms with Crippen molar-refractivity contribution in [3.63, 3.8) is 0 Å². The predicted octanol–water partition coefficient (Wildman–Crippen LogP) is 3.19. The van der Waals surface area contributed by atoms with Gasteiger partial charge >= 0.3 is 0 Å². The molecule has 0 aliphatic rings. The summed E-state index contributed by atoms with van der Waals surface area (Å²) in [5.41, 5.74) is 0.651. The molecule has 0 aliphatic heterocycles. The number of benzene rings is 1. The third-order valence-electron chi connectivity index (χ3n) is 1.58. The van der Waals surface area contributed by atoms with Gasteiger partial charge in [-0.05, 0) is 26.0 Å². The van der Waals surface area contributed by atoms with E-state index >= 15 is 0 Å². The molecule has 1 aromatic carbocycles. The molecule has 0 aromatic heterocycles. The first-order valence-corrected chi connectivity index (χ1v) is 4.12. The molecule has 0 bridgehead atoms. The summed E-state index contributed by atoms with van der Waals surface area (Å²) in [6.45, 7) is 3.98. The molecular weight excluding hydrogens is 179 g/mol. The van der Waals surface area contributed by atoms with Crippen LogP contribution in [0.25, 0.3) is 0 Å². The van der Waals surface area contributed by atoms with Gasteiger partial charge in [0, 0.05) is 10.6 Å². The van der Waals surface area contributed by atoms with Crippen LogP contribution < -0.4 is 4.74 Å². The lowest BCUT2D eigenvalue weighted by Gasteiger charge is -2.08. The molecule has 0 N–H and O–H groups in total. The Kier molecular flexibility index (Phi) is 2.93. The Morgan fingerprint density at radius 2 is 2.17 bits per heavy atom. The number of ether oxygens (including phenoxy) is 1. The molecule has 0 amide bonds. The second kappa shape index (κ2) is 3.76. The minimum Gasteiger partial charge on any atom is -0.490 e. The van der Waals surface area contributed by atoms with Crippen molar-refractivity contribution in [3.8, 4) is 5.75 Å². The average Bonchev–Trinajstić information content (AvgIpc) is 2.06. The van der Waals surface area contributed by atoms with Gasteiger partial charge in [0.1, 0.15) is 0 Å². The van der Waals surface area contributed by atoms with Crippen LogP contribution in [-0.4, -0.2) is 6.61 Å². The summed E-state index contributed by atoms with van der Waals surface area (Å²) in [4.78, 5) is 0. The van der Waals surface area contributed by atoms with Crippen molar-refractivity contribution in [2.24, 2.45) is 0 Å². The highest BCUT2D eigenvalue weighted by Crippen LogP contribution is 2.28. The van der Waals surface area contributed by atoms with E-state index in [0.29, 0.717) is 17.2 Å². The molecule has 1 nitrogen and oxygen atoms in total. The lowest BCUT2D eigenvalue weighted by atomic mass is 10.2. The summed E-state index contributed by atoms with van der Waals surface area (Å²) >= 11 is 5.77. The molecule has 1 rings (SSSR count). The Balaban J connectivity index is 3.14. The highest BCUT2D eigenvalue weighted by atomic mass is 35.5. The smallest absolute Gasteiger partial charge is 0.165 e. The van der Waals surface area contributed by atoms with Gasteiger partial charge in [-0.25, -0.2) is 4.39 Å². The van der Waals surface area contributed by atoms with Crippen LogP contribution in [0.3, 0.4) is 0 Å². The van der Waals surface area contributed by atoms with Crippen LogP contribution in [0.15, 0.2) is 12.1 Å². The molecule has 0 saturated carbocycles. The average molecular weight is 189 g/mol. The van der Waals surface area contributed by atoms with Gasteiger partial charge in [-0.3, -0.25) is 0 Å². The van der Waals surface area contributed by atoms with Crippen molar-refractivity contribution < 1.29 is 9.13 Å². The standard InChI is InChI=1S/C9H10ClFO/c1-3-12-9-6(2)7(10)4-5-8(9)11/h4-5H,3H2,1-2H3. The van der Waals surface area contributed by atoms with Crippen LogP contribution in [0, 0.1) is 12.7 Å². The Hall–Kier alpha value is -0.760. The first kappa shape index (κ1) is 9.33. The Labute approximate surface area is 76.1 Å². The summed E-state index contributed by atoms with van der Waals surface area (Å²) in [6, 6.07) is 2.83. The molecule has 0 radical (unpaired) electrons. The molecule has 12 heavy (non-hydrogen) atoms. The van der Waals surface area contributed by atoms with Crippen molar-refractivity contribution in [1.29, 1.82) is 0 Å². The molecule has 3 heteroatoms. The Morgan fingerprint density at radius 1 is 1.50 bits per heavy atom. The largest absolute Gasteiger partial charge is 0.490 e. The highest BCUT2D eigenvalue weighted by molar-refractivity contribution is 6.31. The minimum atomic E-state index is -0.362. The fourth-order valence-corrected chi connectivity index (χ4v) is 1.10. The number of rotatable bonds is 2. The molecule has 66 valence electrons. The van der Waals surface area contributed by atoms with Gasteiger partial charge in [-0.15, -0.1) is 0 Å². The summed E-state index contributed by atoms with van der Waals surface area (Å²) in [5.74, 6) is -0.108. The number of hydrogen-bond acceptors (Lipinski definition) is 1. The van der Waals surface area contributed by atoms with Crippen LogP contribution >= 0.6 is 11.6 Å². The number of halogens is 2. The summed E-state index contributed by atoms with van der Waals surface area (Å²) < 4.78 is 18.1. The van der Waals surface area contributed by atoms with Crippen LogP contribution in [0.1, 0.15) is 12.5 Å². The third kappa shape index (κ3) is 1.69. The van der Waals surface area contributed by atoms with E-state index in [1.807, 2.05) is 0 Å². The number of hydrogen-bond donors (Lipinski definition) is 0. The van der Waals surface area contributed by atoms with Gasteiger partial charge in [-0.2, -0.15) is 0 Å². The lowest BCUT2D eigenvalue weighted by molar-refractivity contribution is 0.319. The fraction of sp³-hybridized carbons (Fsp3) is 0.333. The third-order valence-corrected chi connectivity index (χ3v) is 1.99.